The Morgan fingerprint density at radius 2 is 2.44 bits per heavy atom. The van der Waals surface area contributed by atoms with Gasteiger partial charge in [-0.1, -0.05) is 11.6 Å². The van der Waals surface area contributed by atoms with Crippen LogP contribution < -0.4 is 0 Å². The highest BCUT2D eigenvalue weighted by molar-refractivity contribution is 6.29. The van der Waals surface area contributed by atoms with Gasteiger partial charge in [-0.05, 0) is 6.92 Å². The molecule has 0 bridgehead atoms. The van der Waals surface area contributed by atoms with Crippen LogP contribution in [0.2, 0.25) is 0 Å². The number of hydrogen-bond donors (Lipinski definition) is 1. The predicted octanol–water partition coefficient (Wildman–Crippen LogP) is 0.149. The van der Waals surface area contributed by atoms with Crippen molar-refractivity contribution in [2.75, 3.05) is 13.2 Å². The van der Waals surface area contributed by atoms with E-state index in [1.807, 2.05) is 0 Å². The largest absolute Gasteiger partial charge is 0.394 e. The van der Waals surface area contributed by atoms with Gasteiger partial charge in [-0.2, -0.15) is 0 Å². The number of ketones is 1. The van der Waals surface area contributed by atoms with E-state index in [0.717, 1.165) is 0 Å². The summed E-state index contributed by atoms with van der Waals surface area (Å²) in [7, 11) is 0. The van der Waals surface area contributed by atoms with Crippen LogP contribution in [0.15, 0.2) is 0 Å². The normalized spacial score (nSPS) is 13.2. The maximum absolute atomic E-state index is 10.3. The lowest BCUT2D eigenvalue weighted by molar-refractivity contribution is -0.124. The van der Waals surface area contributed by atoms with Crippen molar-refractivity contribution in [2.24, 2.45) is 0 Å². The van der Waals surface area contributed by atoms with Crippen LogP contribution in [0.4, 0.5) is 0 Å². The fraction of sp³-hybridized carbons (Fsp3) is 0.800. The molecule has 0 amide bonds. The molecule has 0 heterocycles. The Morgan fingerprint density at radius 1 is 1.89 bits per heavy atom. The second-order valence-corrected chi connectivity index (χ2v) is 1.92. The smallest absolute Gasteiger partial charge is 0.189 e. The number of carbonyl (C=O) groups excluding carboxylic acids is 1. The van der Waals surface area contributed by atoms with E-state index in [2.05, 4.69) is 4.74 Å². The van der Waals surface area contributed by atoms with Gasteiger partial charge in [0, 0.05) is 0 Å². The van der Waals surface area contributed by atoms with Gasteiger partial charge in [0.15, 0.2) is 11.3 Å². The highest BCUT2D eigenvalue weighted by atomic mass is 35.5. The second-order valence-electron chi connectivity index (χ2n) is 1.52. The van der Waals surface area contributed by atoms with Gasteiger partial charge >= 0.3 is 0 Å². The molecular formula is C5H9ClO3. The molecule has 1 unspecified atom stereocenters. The van der Waals surface area contributed by atoms with E-state index in [-0.39, 0.29) is 19.0 Å². The molecule has 4 heteroatoms. The van der Waals surface area contributed by atoms with Crippen LogP contribution in [0.3, 0.4) is 0 Å². The monoisotopic (exact) mass is 152 g/mol. The Kier molecular flexibility index (Phi) is 4.67. The molecule has 0 spiro atoms. The van der Waals surface area contributed by atoms with Gasteiger partial charge in [0.2, 0.25) is 0 Å². The van der Waals surface area contributed by atoms with Crippen LogP contribution in [-0.4, -0.2) is 29.7 Å². The molecule has 0 aromatic heterocycles. The SMILES string of the molecule is CC(=O)C(Cl)OCCO. The zero-order chi connectivity index (χ0) is 7.28. The number of aliphatic hydroxyl groups excluding tert-OH is 1. The number of Topliss-reactive ketones (excluding diaryl/α,β-unsaturated/α-hetero) is 1. The van der Waals surface area contributed by atoms with E-state index >= 15 is 0 Å². The summed E-state index contributed by atoms with van der Waals surface area (Å²) in [6.07, 6.45) is 0. The van der Waals surface area contributed by atoms with Gasteiger partial charge in [0.25, 0.3) is 0 Å². The van der Waals surface area contributed by atoms with Crippen LogP contribution in [0.1, 0.15) is 6.92 Å². The topological polar surface area (TPSA) is 46.5 Å². The van der Waals surface area contributed by atoms with Crippen molar-refractivity contribution in [3.63, 3.8) is 0 Å². The number of hydrogen-bond acceptors (Lipinski definition) is 3. The molecule has 0 aliphatic rings. The Hall–Kier alpha value is -0.120. The van der Waals surface area contributed by atoms with Crippen molar-refractivity contribution in [3.8, 4) is 0 Å². The van der Waals surface area contributed by atoms with E-state index in [0.29, 0.717) is 0 Å². The third-order valence-corrected chi connectivity index (χ3v) is 1.11. The minimum atomic E-state index is -0.905. The molecule has 0 radical (unpaired) electrons. The summed E-state index contributed by atoms with van der Waals surface area (Å²) in [6, 6.07) is 0. The number of rotatable bonds is 4. The van der Waals surface area contributed by atoms with Crippen molar-refractivity contribution < 1.29 is 14.6 Å². The van der Waals surface area contributed by atoms with Crippen molar-refractivity contribution in [1.82, 2.24) is 0 Å². The molecule has 0 saturated carbocycles. The van der Waals surface area contributed by atoms with Gasteiger partial charge in [-0.15, -0.1) is 0 Å². The van der Waals surface area contributed by atoms with Crippen molar-refractivity contribution in [1.29, 1.82) is 0 Å². The van der Waals surface area contributed by atoms with Gasteiger partial charge in [-0.25, -0.2) is 0 Å². The summed E-state index contributed by atoms with van der Waals surface area (Å²) in [5.41, 5.74) is -0.905. The number of carbonyl (C=O) groups is 1. The summed E-state index contributed by atoms with van der Waals surface area (Å²) in [5, 5.41) is 8.20. The predicted molar refractivity (Wildman–Crippen MR) is 33.4 cm³/mol. The fourth-order valence-electron chi connectivity index (χ4n) is 0.274. The van der Waals surface area contributed by atoms with Gasteiger partial charge < -0.3 is 9.84 Å². The van der Waals surface area contributed by atoms with Gasteiger partial charge in [0.05, 0.1) is 13.2 Å². The number of aliphatic hydroxyl groups is 1. The molecule has 3 nitrogen and oxygen atoms in total. The van der Waals surface area contributed by atoms with Crippen molar-refractivity contribution in [3.05, 3.63) is 0 Å². The Bertz CT molecular complexity index is 94.2. The molecule has 54 valence electrons. The maximum Gasteiger partial charge on any atom is 0.189 e. The van der Waals surface area contributed by atoms with E-state index in [9.17, 15) is 4.79 Å². The van der Waals surface area contributed by atoms with E-state index in [4.69, 9.17) is 16.7 Å². The maximum atomic E-state index is 10.3. The highest BCUT2D eigenvalue weighted by Crippen LogP contribution is 1.97. The molecule has 0 aromatic carbocycles. The Balaban J connectivity index is 3.27. The van der Waals surface area contributed by atoms with Gasteiger partial charge in [0.1, 0.15) is 0 Å². The van der Waals surface area contributed by atoms with E-state index in [1.54, 1.807) is 0 Å². The van der Waals surface area contributed by atoms with Gasteiger partial charge in [-0.3, -0.25) is 4.79 Å². The van der Waals surface area contributed by atoms with Crippen molar-refractivity contribution >= 4 is 17.4 Å². The average Bonchev–Trinajstić information content (AvgIpc) is 1.82. The first kappa shape index (κ1) is 8.88. The van der Waals surface area contributed by atoms with E-state index in [1.165, 1.54) is 6.92 Å². The quantitative estimate of drug-likeness (QED) is 0.584. The van der Waals surface area contributed by atoms with Crippen LogP contribution in [0, 0.1) is 0 Å². The zero-order valence-corrected chi connectivity index (χ0v) is 5.89. The Labute approximate surface area is 58.6 Å². The third-order valence-electron chi connectivity index (χ3n) is 0.675. The first-order valence-corrected chi connectivity index (χ1v) is 2.99. The first-order valence-electron chi connectivity index (χ1n) is 2.55. The summed E-state index contributed by atoms with van der Waals surface area (Å²) >= 11 is 5.31. The average molecular weight is 153 g/mol. The lowest BCUT2D eigenvalue weighted by Gasteiger charge is -2.03. The molecule has 0 fully saturated rings. The molecule has 0 aliphatic heterocycles. The second kappa shape index (κ2) is 4.73. The van der Waals surface area contributed by atoms with Crippen molar-refractivity contribution in [2.45, 2.75) is 12.5 Å². The minimum Gasteiger partial charge on any atom is -0.394 e. The summed E-state index contributed by atoms with van der Waals surface area (Å²) in [4.78, 5) is 10.3. The first-order chi connectivity index (χ1) is 4.18. The molecule has 0 aliphatic carbocycles. The number of ether oxygens (including phenoxy) is 1. The van der Waals surface area contributed by atoms with Crippen LogP contribution >= 0.6 is 11.6 Å². The fourth-order valence-corrected chi connectivity index (χ4v) is 0.363. The molecule has 1 atom stereocenters. The van der Waals surface area contributed by atoms with Crippen LogP contribution in [0.25, 0.3) is 0 Å². The standard InChI is InChI=1S/C5H9ClO3/c1-4(8)5(6)9-3-2-7/h5,7H,2-3H2,1H3. The number of halogens is 1. The van der Waals surface area contributed by atoms with Crippen LogP contribution in [0.5, 0.6) is 0 Å². The lowest BCUT2D eigenvalue weighted by atomic mass is 10.5. The highest BCUT2D eigenvalue weighted by Gasteiger charge is 2.08. The minimum absolute atomic E-state index is 0.105. The van der Waals surface area contributed by atoms with E-state index < -0.39 is 5.56 Å². The Morgan fingerprint density at radius 3 is 2.78 bits per heavy atom. The number of alkyl halides is 1. The lowest BCUT2D eigenvalue weighted by Crippen LogP contribution is -2.16. The molecule has 1 N–H and O–H groups in total. The molecular weight excluding hydrogens is 144 g/mol. The van der Waals surface area contributed by atoms with Crippen LogP contribution in [-0.2, 0) is 9.53 Å². The summed E-state index contributed by atoms with van der Waals surface area (Å²) in [5.74, 6) is -0.245. The molecule has 0 saturated heterocycles. The zero-order valence-electron chi connectivity index (χ0n) is 5.13. The molecule has 0 rings (SSSR count). The third kappa shape index (κ3) is 4.39. The summed E-state index contributed by atoms with van der Waals surface area (Å²) in [6.45, 7) is 1.32. The molecule has 9 heavy (non-hydrogen) atoms. The molecule has 0 aromatic rings. The summed E-state index contributed by atoms with van der Waals surface area (Å²) < 4.78 is 4.62.